The third-order valence-electron chi connectivity index (χ3n) is 4.54. The maximum absolute atomic E-state index is 6.15. The van der Waals surface area contributed by atoms with Gasteiger partial charge in [-0.1, -0.05) is 18.9 Å². The van der Waals surface area contributed by atoms with Crippen molar-refractivity contribution < 1.29 is 4.74 Å². The Hall–Kier alpha value is -1.39. The van der Waals surface area contributed by atoms with Crippen molar-refractivity contribution in [2.75, 3.05) is 7.11 Å². The molecule has 20 heavy (non-hydrogen) atoms. The highest BCUT2D eigenvalue weighted by Gasteiger charge is 2.20. The molecular weight excluding hydrogens is 250 g/mol. The first-order valence-electron chi connectivity index (χ1n) is 7.47. The van der Waals surface area contributed by atoms with Crippen LogP contribution in [0.4, 0.5) is 0 Å². The average molecular weight is 273 g/mol. The highest BCUT2D eigenvalue weighted by Crippen LogP contribution is 2.35. The quantitative estimate of drug-likeness (QED) is 0.898. The summed E-state index contributed by atoms with van der Waals surface area (Å²) in [7, 11) is 1.67. The number of benzene rings is 1. The van der Waals surface area contributed by atoms with Crippen LogP contribution in [0.3, 0.4) is 0 Å². The van der Waals surface area contributed by atoms with Crippen LogP contribution in [0.15, 0.2) is 18.2 Å². The van der Waals surface area contributed by atoms with E-state index in [1.807, 2.05) is 6.92 Å². The van der Waals surface area contributed by atoms with Gasteiger partial charge in [-0.05, 0) is 43.4 Å². The lowest BCUT2D eigenvalue weighted by molar-refractivity contribution is 0.0935. The van der Waals surface area contributed by atoms with Gasteiger partial charge < -0.3 is 15.5 Å². The molecule has 1 fully saturated rings. The molecule has 1 aromatic carbocycles. The van der Waals surface area contributed by atoms with Crippen LogP contribution in [-0.2, 0) is 4.74 Å². The number of nitrogens with two attached hydrogens (primary N) is 1. The minimum absolute atomic E-state index is 0.0511. The zero-order valence-corrected chi connectivity index (χ0v) is 12.2. The van der Waals surface area contributed by atoms with E-state index in [0.29, 0.717) is 0 Å². The number of aromatic amines is 1. The molecule has 0 aliphatic heterocycles. The molecular formula is C16H23N3O. The number of fused-ring (bicyclic) bond motifs is 1. The van der Waals surface area contributed by atoms with Crippen LogP contribution in [-0.4, -0.2) is 23.2 Å². The molecule has 0 bridgehead atoms. The van der Waals surface area contributed by atoms with Gasteiger partial charge in [0.1, 0.15) is 5.82 Å². The monoisotopic (exact) mass is 273 g/mol. The summed E-state index contributed by atoms with van der Waals surface area (Å²) in [5.74, 6) is 1.52. The molecule has 1 aliphatic carbocycles. The Morgan fingerprint density at radius 1 is 1.35 bits per heavy atom. The Morgan fingerprint density at radius 2 is 2.10 bits per heavy atom. The number of nitrogens with zero attached hydrogens (tertiary/aromatic N) is 1. The van der Waals surface area contributed by atoms with Crippen LogP contribution < -0.4 is 5.73 Å². The standard InChI is InChI=1S/C16H23N3O/c1-10(20-2)15(17)16-18-13-8-7-12(9-14(13)19-16)11-5-3-4-6-11/h7-11,15H,3-6,17H2,1-2H3,(H,18,19). The van der Waals surface area contributed by atoms with Crippen LogP contribution in [0.25, 0.3) is 11.0 Å². The van der Waals surface area contributed by atoms with Crippen LogP contribution in [0.1, 0.15) is 56.0 Å². The summed E-state index contributed by atoms with van der Waals surface area (Å²) in [6.07, 6.45) is 5.28. The minimum Gasteiger partial charge on any atom is -0.380 e. The molecule has 0 radical (unpaired) electrons. The smallest absolute Gasteiger partial charge is 0.126 e. The molecule has 4 heteroatoms. The van der Waals surface area contributed by atoms with Gasteiger partial charge in [0.25, 0.3) is 0 Å². The lowest BCUT2D eigenvalue weighted by Crippen LogP contribution is -2.26. The highest BCUT2D eigenvalue weighted by atomic mass is 16.5. The molecule has 2 atom stereocenters. The van der Waals surface area contributed by atoms with E-state index in [1.165, 1.54) is 31.2 Å². The Labute approximate surface area is 119 Å². The van der Waals surface area contributed by atoms with Crippen molar-refractivity contribution in [3.05, 3.63) is 29.6 Å². The van der Waals surface area contributed by atoms with E-state index in [2.05, 4.69) is 28.2 Å². The largest absolute Gasteiger partial charge is 0.380 e. The first-order chi connectivity index (χ1) is 9.69. The maximum atomic E-state index is 6.15. The molecule has 0 spiro atoms. The number of imidazole rings is 1. The van der Waals surface area contributed by atoms with E-state index in [-0.39, 0.29) is 12.1 Å². The highest BCUT2D eigenvalue weighted by molar-refractivity contribution is 5.76. The van der Waals surface area contributed by atoms with E-state index in [9.17, 15) is 0 Å². The Kier molecular flexibility index (Phi) is 3.76. The number of rotatable bonds is 4. The molecule has 3 rings (SSSR count). The number of ether oxygens (including phenoxy) is 1. The second-order valence-electron chi connectivity index (χ2n) is 5.85. The van der Waals surface area contributed by atoms with E-state index in [0.717, 1.165) is 22.8 Å². The summed E-state index contributed by atoms with van der Waals surface area (Å²) >= 11 is 0. The Bertz CT molecular complexity index is 586. The first kappa shape index (κ1) is 13.6. The summed E-state index contributed by atoms with van der Waals surface area (Å²) in [5.41, 5.74) is 9.66. The maximum Gasteiger partial charge on any atom is 0.126 e. The molecule has 2 unspecified atom stereocenters. The number of hydrogen-bond acceptors (Lipinski definition) is 3. The molecule has 1 aromatic heterocycles. The third kappa shape index (κ3) is 2.45. The van der Waals surface area contributed by atoms with Crippen molar-refractivity contribution in [1.82, 2.24) is 9.97 Å². The summed E-state index contributed by atoms with van der Waals surface area (Å²) in [4.78, 5) is 7.95. The number of H-pyrrole nitrogens is 1. The lowest BCUT2D eigenvalue weighted by atomic mass is 9.97. The van der Waals surface area contributed by atoms with Crippen molar-refractivity contribution in [3.8, 4) is 0 Å². The van der Waals surface area contributed by atoms with Gasteiger partial charge >= 0.3 is 0 Å². The van der Waals surface area contributed by atoms with E-state index in [4.69, 9.17) is 10.5 Å². The molecule has 0 saturated heterocycles. The fraction of sp³-hybridized carbons (Fsp3) is 0.562. The van der Waals surface area contributed by atoms with Crippen LogP contribution in [0.2, 0.25) is 0 Å². The molecule has 2 aromatic rings. The van der Waals surface area contributed by atoms with Gasteiger partial charge in [-0.3, -0.25) is 0 Å². The minimum atomic E-state index is -0.220. The van der Waals surface area contributed by atoms with Gasteiger partial charge in [0.05, 0.1) is 23.2 Å². The molecule has 108 valence electrons. The summed E-state index contributed by atoms with van der Waals surface area (Å²) in [5, 5.41) is 0. The van der Waals surface area contributed by atoms with Crippen LogP contribution >= 0.6 is 0 Å². The Morgan fingerprint density at radius 3 is 2.80 bits per heavy atom. The van der Waals surface area contributed by atoms with Gasteiger partial charge in [-0.25, -0.2) is 4.98 Å². The van der Waals surface area contributed by atoms with E-state index in [1.54, 1.807) is 7.11 Å². The predicted molar refractivity (Wildman–Crippen MR) is 80.7 cm³/mol. The fourth-order valence-electron chi connectivity index (χ4n) is 3.09. The van der Waals surface area contributed by atoms with E-state index >= 15 is 0 Å². The molecule has 3 N–H and O–H groups in total. The van der Waals surface area contributed by atoms with Gasteiger partial charge in [0.2, 0.25) is 0 Å². The normalized spacial score (nSPS) is 19.6. The summed E-state index contributed by atoms with van der Waals surface area (Å²) in [6.45, 7) is 1.96. The molecule has 0 amide bonds. The van der Waals surface area contributed by atoms with Crippen molar-refractivity contribution in [2.45, 2.75) is 50.7 Å². The molecule has 1 aliphatic rings. The fourth-order valence-corrected chi connectivity index (χ4v) is 3.09. The van der Waals surface area contributed by atoms with Crippen LogP contribution in [0.5, 0.6) is 0 Å². The molecule has 4 nitrogen and oxygen atoms in total. The summed E-state index contributed by atoms with van der Waals surface area (Å²) < 4.78 is 5.28. The van der Waals surface area contributed by atoms with Crippen molar-refractivity contribution >= 4 is 11.0 Å². The zero-order valence-electron chi connectivity index (χ0n) is 12.2. The second-order valence-corrected chi connectivity index (χ2v) is 5.85. The van der Waals surface area contributed by atoms with Crippen LogP contribution in [0, 0.1) is 0 Å². The predicted octanol–water partition coefficient (Wildman–Crippen LogP) is 3.26. The van der Waals surface area contributed by atoms with Crippen molar-refractivity contribution in [1.29, 1.82) is 0 Å². The lowest BCUT2D eigenvalue weighted by Gasteiger charge is -2.15. The van der Waals surface area contributed by atoms with Gasteiger partial charge in [0, 0.05) is 7.11 Å². The van der Waals surface area contributed by atoms with Gasteiger partial charge in [0.15, 0.2) is 0 Å². The van der Waals surface area contributed by atoms with E-state index < -0.39 is 0 Å². The molecule has 1 saturated carbocycles. The number of hydrogen-bond donors (Lipinski definition) is 2. The summed E-state index contributed by atoms with van der Waals surface area (Å²) in [6, 6.07) is 6.34. The third-order valence-corrected chi connectivity index (χ3v) is 4.54. The SMILES string of the molecule is COC(C)C(N)c1nc2ccc(C3CCCC3)cc2[nH]1. The topological polar surface area (TPSA) is 63.9 Å². The molecule has 1 heterocycles. The average Bonchev–Trinajstić information content (AvgIpc) is 3.13. The number of aromatic nitrogens is 2. The van der Waals surface area contributed by atoms with Gasteiger partial charge in [-0.15, -0.1) is 0 Å². The second kappa shape index (κ2) is 5.54. The van der Waals surface area contributed by atoms with Crippen molar-refractivity contribution in [3.63, 3.8) is 0 Å². The first-order valence-corrected chi connectivity index (χ1v) is 7.47. The number of nitrogens with one attached hydrogen (secondary N) is 1. The Balaban J connectivity index is 1.90. The zero-order chi connectivity index (χ0) is 14.1. The number of methoxy groups -OCH3 is 1. The van der Waals surface area contributed by atoms with Gasteiger partial charge in [-0.2, -0.15) is 0 Å². The van der Waals surface area contributed by atoms with Crippen molar-refractivity contribution in [2.24, 2.45) is 5.73 Å².